The van der Waals surface area contributed by atoms with E-state index in [2.05, 4.69) is 4.98 Å². The summed E-state index contributed by atoms with van der Waals surface area (Å²) in [7, 11) is 0. The summed E-state index contributed by atoms with van der Waals surface area (Å²) in [5.41, 5.74) is 2.26. The molecule has 1 N–H and O–H groups in total. The van der Waals surface area contributed by atoms with Crippen LogP contribution in [0.2, 0.25) is 0 Å². The van der Waals surface area contributed by atoms with Gasteiger partial charge in [-0.05, 0) is 43.0 Å². The number of rotatable bonds is 3. The molecule has 0 saturated carbocycles. The average molecular weight is 261 g/mol. The van der Waals surface area contributed by atoms with Crippen molar-refractivity contribution in [2.75, 3.05) is 0 Å². The summed E-state index contributed by atoms with van der Waals surface area (Å²) >= 11 is 1.66. The van der Waals surface area contributed by atoms with Gasteiger partial charge in [0.1, 0.15) is 12.4 Å². The molecule has 1 aromatic heterocycles. The first-order valence-electron chi connectivity index (χ1n) is 6.07. The summed E-state index contributed by atoms with van der Waals surface area (Å²) in [5.74, 6) is 0.869. The minimum absolute atomic E-state index is 0.293. The van der Waals surface area contributed by atoms with E-state index in [9.17, 15) is 5.11 Å². The maximum absolute atomic E-state index is 9.74. The molecule has 0 spiro atoms. The zero-order valence-electron chi connectivity index (χ0n) is 10.2. The maximum atomic E-state index is 9.74. The van der Waals surface area contributed by atoms with Crippen molar-refractivity contribution in [3.8, 4) is 5.75 Å². The van der Waals surface area contributed by atoms with Crippen molar-refractivity contribution in [2.24, 2.45) is 0 Å². The first kappa shape index (κ1) is 11.7. The van der Waals surface area contributed by atoms with E-state index in [4.69, 9.17) is 4.74 Å². The lowest BCUT2D eigenvalue weighted by Gasteiger charge is -2.08. The molecule has 0 fully saturated rings. The quantitative estimate of drug-likeness (QED) is 0.923. The molecule has 0 bridgehead atoms. The van der Waals surface area contributed by atoms with Crippen molar-refractivity contribution in [1.82, 2.24) is 4.98 Å². The summed E-state index contributed by atoms with van der Waals surface area (Å²) in [6.45, 7) is 2.55. The third-order valence-corrected chi connectivity index (χ3v) is 4.10. The van der Waals surface area contributed by atoms with E-state index in [1.54, 1.807) is 11.3 Å². The van der Waals surface area contributed by atoms with Gasteiger partial charge in [-0.3, -0.25) is 0 Å². The van der Waals surface area contributed by atoms with Gasteiger partial charge in [-0.25, -0.2) is 4.98 Å². The first-order chi connectivity index (χ1) is 8.72. The lowest BCUT2D eigenvalue weighted by atomic mass is 10.1. The molecular formula is C14H15NO2S. The van der Waals surface area contributed by atoms with Crippen LogP contribution in [0.25, 0.3) is 0 Å². The second-order valence-corrected chi connectivity index (χ2v) is 5.87. The highest BCUT2D eigenvalue weighted by Gasteiger charge is 2.20. The number of aliphatic hydroxyl groups is 1. The van der Waals surface area contributed by atoms with Crippen molar-refractivity contribution in [2.45, 2.75) is 32.5 Å². The Kier molecular flexibility index (Phi) is 3.06. The summed E-state index contributed by atoms with van der Waals surface area (Å²) in [5, 5.41) is 10.8. The van der Waals surface area contributed by atoms with E-state index < -0.39 is 0 Å². The predicted molar refractivity (Wildman–Crippen MR) is 70.9 cm³/mol. The zero-order valence-corrected chi connectivity index (χ0v) is 11.0. The molecule has 0 unspecified atom stereocenters. The SMILES string of the molecule is Cc1ncc(COc2ccc3c(c2)CC[C@@H]3O)s1. The van der Waals surface area contributed by atoms with Gasteiger partial charge in [0.15, 0.2) is 0 Å². The molecule has 1 aliphatic rings. The van der Waals surface area contributed by atoms with Crippen LogP contribution in [0, 0.1) is 6.92 Å². The highest BCUT2D eigenvalue weighted by Crippen LogP contribution is 2.33. The fourth-order valence-electron chi connectivity index (χ4n) is 2.29. The lowest BCUT2D eigenvalue weighted by Crippen LogP contribution is -1.95. The molecule has 94 valence electrons. The molecule has 4 heteroatoms. The Morgan fingerprint density at radius 3 is 3.17 bits per heavy atom. The Balaban J connectivity index is 1.70. The van der Waals surface area contributed by atoms with Crippen LogP contribution in [-0.2, 0) is 13.0 Å². The molecule has 3 rings (SSSR count). The van der Waals surface area contributed by atoms with E-state index in [1.165, 1.54) is 5.56 Å². The Labute approximate surface area is 110 Å². The molecule has 0 saturated heterocycles. The molecule has 2 aromatic rings. The van der Waals surface area contributed by atoms with Crippen molar-refractivity contribution in [3.63, 3.8) is 0 Å². The molecule has 1 aromatic carbocycles. The largest absolute Gasteiger partial charge is 0.488 e. The smallest absolute Gasteiger partial charge is 0.124 e. The number of aromatic nitrogens is 1. The Morgan fingerprint density at radius 1 is 1.50 bits per heavy atom. The number of hydrogen-bond donors (Lipinski definition) is 1. The van der Waals surface area contributed by atoms with Crippen LogP contribution in [0.1, 0.15) is 33.5 Å². The molecule has 1 aliphatic carbocycles. The van der Waals surface area contributed by atoms with Gasteiger partial charge in [-0.15, -0.1) is 11.3 Å². The summed E-state index contributed by atoms with van der Waals surface area (Å²) in [6.07, 6.45) is 3.33. The molecular weight excluding hydrogens is 246 g/mol. The molecule has 3 nitrogen and oxygen atoms in total. The summed E-state index contributed by atoms with van der Waals surface area (Å²) in [6, 6.07) is 5.95. The van der Waals surface area contributed by atoms with Crippen LogP contribution in [0.4, 0.5) is 0 Å². The number of aryl methyl sites for hydroxylation is 2. The number of nitrogens with zero attached hydrogens (tertiary/aromatic N) is 1. The van der Waals surface area contributed by atoms with Gasteiger partial charge in [0.2, 0.25) is 0 Å². The van der Waals surface area contributed by atoms with Crippen LogP contribution in [-0.4, -0.2) is 10.1 Å². The van der Waals surface area contributed by atoms with Gasteiger partial charge in [0, 0.05) is 6.20 Å². The van der Waals surface area contributed by atoms with Gasteiger partial charge in [-0.1, -0.05) is 6.07 Å². The summed E-state index contributed by atoms with van der Waals surface area (Å²) < 4.78 is 5.75. The molecule has 1 atom stereocenters. The Morgan fingerprint density at radius 2 is 2.39 bits per heavy atom. The number of benzene rings is 1. The second kappa shape index (κ2) is 4.71. The van der Waals surface area contributed by atoms with Gasteiger partial charge in [0.25, 0.3) is 0 Å². The van der Waals surface area contributed by atoms with Crippen molar-refractivity contribution in [3.05, 3.63) is 45.4 Å². The third kappa shape index (κ3) is 2.26. The molecule has 1 heterocycles. The highest BCUT2D eigenvalue weighted by molar-refractivity contribution is 7.11. The Bertz CT molecular complexity index is 565. The minimum atomic E-state index is -0.293. The fraction of sp³-hybridized carbons (Fsp3) is 0.357. The monoisotopic (exact) mass is 261 g/mol. The number of hydrogen-bond acceptors (Lipinski definition) is 4. The second-order valence-electron chi connectivity index (χ2n) is 4.55. The van der Waals surface area contributed by atoms with Gasteiger partial charge in [0.05, 0.1) is 16.0 Å². The van der Waals surface area contributed by atoms with Crippen LogP contribution >= 0.6 is 11.3 Å². The average Bonchev–Trinajstić information content (AvgIpc) is 2.94. The third-order valence-electron chi connectivity index (χ3n) is 3.21. The van der Waals surface area contributed by atoms with E-state index in [1.807, 2.05) is 31.3 Å². The number of aliphatic hydroxyl groups excluding tert-OH is 1. The van der Waals surface area contributed by atoms with E-state index in [-0.39, 0.29) is 6.10 Å². The standard InChI is InChI=1S/C14H15NO2S/c1-9-15-7-12(18-9)8-17-11-3-4-13-10(6-11)2-5-14(13)16/h3-4,6-7,14,16H,2,5,8H2,1H3/t14-/m0/s1. The minimum Gasteiger partial charge on any atom is -0.488 e. The lowest BCUT2D eigenvalue weighted by molar-refractivity contribution is 0.180. The van der Waals surface area contributed by atoms with Crippen LogP contribution in [0.3, 0.4) is 0 Å². The van der Waals surface area contributed by atoms with Crippen LogP contribution < -0.4 is 4.74 Å². The molecule has 0 radical (unpaired) electrons. The van der Waals surface area contributed by atoms with Gasteiger partial charge in [-0.2, -0.15) is 0 Å². The van der Waals surface area contributed by atoms with Gasteiger partial charge < -0.3 is 9.84 Å². The van der Waals surface area contributed by atoms with E-state index >= 15 is 0 Å². The zero-order chi connectivity index (χ0) is 12.5. The van der Waals surface area contributed by atoms with E-state index in [0.717, 1.165) is 34.0 Å². The summed E-state index contributed by atoms with van der Waals surface area (Å²) in [4.78, 5) is 5.33. The van der Waals surface area contributed by atoms with Gasteiger partial charge >= 0.3 is 0 Å². The fourth-order valence-corrected chi connectivity index (χ4v) is 3.00. The van der Waals surface area contributed by atoms with Crippen molar-refractivity contribution >= 4 is 11.3 Å². The predicted octanol–water partition coefficient (Wildman–Crippen LogP) is 3.01. The number of ether oxygens (including phenoxy) is 1. The molecule has 0 amide bonds. The van der Waals surface area contributed by atoms with E-state index in [0.29, 0.717) is 6.61 Å². The maximum Gasteiger partial charge on any atom is 0.124 e. The topological polar surface area (TPSA) is 42.4 Å². The first-order valence-corrected chi connectivity index (χ1v) is 6.89. The van der Waals surface area contributed by atoms with Crippen molar-refractivity contribution in [1.29, 1.82) is 0 Å². The number of fused-ring (bicyclic) bond motifs is 1. The number of thiazole rings is 1. The molecule has 18 heavy (non-hydrogen) atoms. The normalized spacial score (nSPS) is 17.8. The van der Waals surface area contributed by atoms with Crippen LogP contribution in [0.5, 0.6) is 5.75 Å². The highest BCUT2D eigenvalue weighted by atomic mass is 32.1. The Hall–Kier alpha value is -1.39. The molecule has 0 aliphatic heterocycles. The van der Waals surface area contributed by atoms with Crippen molar-refractivity contribution < 1.29 is 9.84 Å². The van der Waals surface area contributed by atoms with Crippen LogP contribution in [0.15, 0.2) is 24.4 Å².